The van der Waals surface area contributed by atoms with Crippen LogP contribution >= 0.6 is 0 Å². The smallest absolute Gasteiger partial charge is 0.228 e. The van der Waals surface area contributed by atoms with Crippen molar-refractivity contribution in [3.63, 3.8) is 0 Å². The van der Waals surface area contributed by atoms with Gasteiger partial charge in [-0.2, -0.15) is 4.98 Å². The molecule has 0 bridgehead atoms. The van der Waals surface area contributed by atoms with Gasteiger partial charge in [-0.25, -0.2) is 0 Å². The molecule has 0 aliphatic rings. The van der Waals surface area contributed by atoms with Crippen LogP contribution < -0.4 is 5.32 Å². The van der Waals surface area contributed by atoms with Crippen LogP contribution in [0.4, 0.5) is 0 Å². The first-order chi connectivity index (χ1) is 10.1. The van der Waals surface area contributed by atoms with Crippen molar-refractivity contribution in [2.24, 2.45) is 5.92 Å². The lowest BCUT2D eigenvalue weighted by Crippen LogP contribution is -2.35. The minimum atomic E-state index is 0.377. The first-order valence-electron chi connectivity index (χ1n) is 7.69. The van der Waals surface area contributed by atoms with E-state index in [4.69, 9.17) is 4.52 Å². The van der Waals surface area contributed by atoms with Crippen LogP contribution in [0.1, 0.15) is 43.6 Å². The number of nitrogens with zero attached hydrogens (tertiary/aromatic N) is 2. The van der Waals surface area contributed by atoms with Crippen molar-refractivity contribution in [1.82, 2.24) is 15.5 Å². The number of aryl methyl sites for hydroxylation is 1. The fraction of sp³-hybridized carbons (Fsp3) is 0.529. The monoisotopic (exact) mass is 287 g/mol. The lowest BCUT2D eigenvalue weighted by molar-refractivity contribution is 0.327. The second kappa shape index (κ2) is 7.36. The van der Waals surface area contributed by atoms with E-state index in [1.165, 1.54) is 11.1 Å². The van der Waals surface area contributed by atoms with Crippen LogP contribution in [0.3, 0.4) is 0 Å². The molecule has 1 atom stereocenters. The Labute approximate surface area is 127 Å². The van der Waals surface area contributed by atoms with Crippen molar-refractivity contribution in [3.8, 4) is 0 Å². The average Bonchev–Trinajstić information content (AvgIpc) is 2.85. The summed E-state index contributed by atoms with van der Waals surface area (Å²) in [7, 11) is 0. The van der Waals surface area contributed by atoms with E-state index >= 15 is 0 Å². The minimum Gasteiger partial charge on any atom is -0.339 e. The van der Waals surface area contributed by atoms with E-state index in [0.717, 1.165) is 31.1 Å². The van der Waals surface area contributed by atoms with Crippen LogP contribution in [0, 0.1) is 12.8 Å². The van der Waals surface area contributed by atoms with Gasteiger partial charge in [0.15, 0.2) is 5.82 Å². The Morgan fingerprint density at radius 2 is 2.10 bits per heavy atom. The highest BCUT2D eigenvalue weighted by Crippen LogP contribution is 2.12. The summed E-state index contributed by atoms with van der Waals surface area (Å²) in [5, 5.41) is 7.57. The first-order valence-corrected chi connectivity index (χ1v) is 7.69. The summed E-state index contributed by atoms with van der Waals surface area (Å²) >= 11 is 0. The molecule has 0 aliphatic carbocycles. The molecule has 1 unspecified atom stereocenters. The van der Waals surface area contributed by atoms with Crippen LogP contribution in [0.25, 0.3) is 0 Å². The second-order valence-corrected chi connectivity index (χ2v) is 5.88. The molecule has 1 heterocycles. The fourth-order valence-electron chi connectivity index (χ4n) is 2.44. The number of hydrogen-bond donors (Lipinski definition) is 1. The van der Waals surface area contributed by atoms with Gasteiger partial charge >= 0.3 is 0 Å². The summed E-state index contributed by atoms with van der Waals surface area (Å²) in [6.45, 7) is 9.57. The highest BCUT2D eigenvalue weighted by atomic mass is 16.5. The second-order valence-electron chi connectivity index (χ2n) is 5.88. The lowest BCUT2D eigenvalue weighted by atomic mass is 10.0. The largest absolute Gasteiger partial charge is 0.339 e. The Bertz CT molecular complexity index is 563. The number of aromatic nitrogens is 2. The van der Waals surface area contributed by atoms with E-state index in [2.05, 4.69) is 67.4 Å². The summed E-state index contributed by atoms with van der Waals surface area (Å²) in [4.78, 5) is 4.52. The van der Waals surface area contributed by atoms with E-state index in [1.54, 1.807) is 0 Å². The predicted molar refractivity (Wildman–Crippen MR) is 84.3 cm³/mol. The molecule has 2 rings (SSSR count). The Kier molecular flexibility index (Phi) is 5.51. The quantitative estimate of drug-likeness (QED) is 0.850. The lowest BCUT2D eigenvalue weighted by Gasteiger charge is -2.19. The Morgan fingerprint density at radius 3 is 2.76 bits per heavy atom. The molecule has 0 saturated carbocycles. The SMILES string of the molecule is CCNC(Cc1nc(Cc2cccc(C)c2)no1)C(C)C. The van der Waals surface area contributed by atoms with Gasteiger partial charge in [0.25, 0.3) is 0 Å². The van der Waals surface area contributed by atoms with Crippen molar-refractivity contribution < 1.29 is 4.52 Å². The standard InChI is InChI=1S/C17H25N3O/c1-5-18-15(12(2)3)11-17-19-16(20-21-17)10-14-8-6-7-13(4)9-14/h6-9,12,15,18H,5,10-11H2,1-4H3. The molecule has 114 valence electrons. The minimum absolute atomic E-state index is 0.377. The molecule has 0 amide bonds. The van der Waals surface area contributed by atoms with Gasteiger partial charge in [-0.05, 0) is 24.9 Å². The van der Waals surface area contributed by atoms with Crippen LogP contribution in [-0.2, 0) is 12.8 Å². The van der Waals surface area contributed by atoms with Crippen molar-refractivity contribution in [1.29, 1.82) is 0 Å². The fourth-order valence-corrected chi connectivity index (χ4v) is 2.44. The zero-order chi connectivity index (χ0) is 15.2. The van der Waals surface area contributed by atoms with E-state index in [0.29, 0.717) is 12.0 Å². The van der Waals surface area contributed by atoms with Gasteiger partial charge in [0.1, 0.15) is 0 Å². The van der Waals surface area contributed by atoms with E-state index in [-0.39, 0.29) is 0 Å². The maximum Gasteiger partial charge on any atom is 0.228 e. The molecule has 0 saturated heterocycles. The van der Waals surface area contributed by atoms with Gasteiger partial charge in [-0.3, -0.25) is 0 Å². The molecule has 0 spiro atoms. The summed E-state index contributed by atoms with van der Waals surface area (Å²) < 4.78 is 5.39. The number of benzene rings is 1. The van der Waals surface area contributed by atoms with Crippen molar-refractivity contribution in [2.75, 3.05) is 6.54 Å². The number of rotatable bonds is 7. The number of hydrogen-bond acceptors (Lipinski definition) is 4. The molecule has 1 N–H and O–H groups in total. The topological polar surface area (TPSA) is 51.0 Å². The van der Waals surface area contributed by atoms with Gasteiger partial charge in [0.2, 0.25) is 5.89 Å². The molecule has 1 aromatic carbocycles. The number of nitrogens with one attached hydrogen (secondary N) is 1. The predicted octanol–water partition coefficient (Wildman–Crippen LogP) is 3.15. The molecule has 0 aliphatic heterocycles. The normalized spacial score (nSPS) is 12.8. The van der Waals surface area contributed by atoms with Crippen molar-refractivity contribution >= 4 is 0 Å². The maximum absolute atomic E-state index is 5.39. The van der Waals surface area contributed by atoms with Gasteiger partial charge in [0, 0.05) is 18.9 Å². The van der Waals surface area contributed by atoms with Gasteiger partial charge in [-0.1, -0.05) is 55.8 Å². The molecule has 4 heteroatoms. The summed E-state index contributed by atoms with van der Waals surface area (Å²) in [5.41, 5.74) is 2.47. The summed E-state index contributed by atoms with van der Waals surface area (Å²) in [6, 6.07) is 8.78. The van der Waals surface area contributed by atoms with E-state index in [1.807, 2.05) is 0 Å². The molecule has 4 nitrogen and oxygen atoms in total. The van der Waals surface area contributed by atoms with Gasteiger partial charge in [-0.15, -0.1) is 0 Å². The molecule has 21 heavy (non-hydrogen) atoms. The van der Waals surface area contributed by atoms with Gasteiger partial charge in [0.05, 0.1) is 0 Å². The van der Waals surface area contributed by atoms with E-state index in [9.17, 15) is 0 Å². The van der Waals surface area contributed by atoms with Crippen LogP contribution in [-0.4, -0.2) is 22.7 Å². The molecule has 0 radical (unpaired) electrons. The Morgan fingerprint density at radius 1 is 1.29 bits per heavy atom. The Hall–Kier alpha value is -1.68. The third-order valence-electron chi connectivity index (χ3n) is 3.62. The highest BCUT2D eigenvalue weighted by Gasteiger charge is 2.17. The van der Waals surface area contributed by atoms with Crippen LogP contribution in [0.2, 0.25) is 0 Å². The third-order valence-corrected chi connectivity index (χ3v) is 3.62. The molecular weight excluding hydrogens is 262 g/mol. The zero-order valence-electron chi connectivity index (χ0n) is 13.4. The summed E-state index contributed by atoms with van der Waals surface area (Å²) in [5.74, 6) is 2.02. The van der Waals surface area contributed by atoms with Crippen molar-refractivity contribution in [2.45, 2.75) is 46.6 Å². The number of likely N-dealkylation sites (N-methyl/N-ethyl adjacent to an activating group) is 1. The zero-order valence-corrected chi connectivity index (χ0v) is 13.4. The Balaban J connectivity index is 2.00. The molecular formula is C17H25N3O. The molecule has 0 fully saturated rings. The van der Waals surface area contributed by atoms with Gasteiger partial charge < -0.3 is 9.84 Å². The van der Waals surface area contributed by atoms with Crippen molar-refractivity contribution in [3.05, 3.63) is 47.1 Å². The summed E-state index contributed by atoms with van der Waals surface area (Å²) in [6.07, 6.45) is 1.51. The first kappa shape index (κ1) is 15.7. The average molecular weight is 287 g/mol. The van der Waals surface area contributed by atoms with Crippen LogP contribution in [0.5, 0.6) is 0 Å². The third kappa shape index (κ3) is 4.67. The molecule has 2 aromatic rings. The van der Waals surface area contributed by atoms with Crippen LogP contribution in [0.15, 0.2) is 28.8 Å². The molecule has 1 aromatic heterocycles. The highest BCUT2D eigenvalue weighted by molar-refractivity contribution is 5.24. The maximum atomic E-state index is 5.39. The van der Waals surface area contributed by atoms with E-state index < -0.39 is 0 Å².